The molecule has 0 amide bonds. The van der Waals surface area contributed by atoms with Crippen LogP contribution in [0.1, 0.15) is 42.5 Å². The van der Waals surface area contributed by atoms with E-state index in [-0.39, 0.29) is 6.04 Å². The second-order valence-electron chi connectivity index (χ2n) is 7.06. The number of amidine groups is 1. The first kappa shape index (κ1) is 14.6. The van der Waals surface area contributed by atoms with Crippen molar-refractivity contribution in [1.82, 2.24) is 15.5 Å². The Hall–Kier alpha value is -1.70. The van der Waals surface area contributed by atoms with Crippen molar-refractivity contribution in [3.63, 3.8) is 0 Å². The van der Waals surface area contributed by atoms with Gasteiger partial charge >= 0.3 is 0 Å². The van der Waals surface area contributed by atoms with Gasteiger partial charge in [0, 0.05) is 22.2 Å². The van der Waals surface area contributed by atoms with Gasteiger partial charge in [-0.25, -0.2) is 4.99 Å². The van der Waals surface area contributed by atoms with E-state index in [4.69, 9.17) is 0 Å². The van der Waals surface area contributed by atoms with Gasteiger partial charge in [0.2, 0.25) is 0 Å². The molecule has 0 spiro atoms. The van der Waals surface area contributed by atoms with Crippen molar-refractivity contribution in [2.75, 3.05) is 5.32 Å². The zero-order valence-electron chi connectivity index (χ0n) is 13.5. The molecule has 4 atom stereocenters. The van der Waals surface area contributed by atoms with Crippen LogP contribution in [0.5, 0.6) is 0 Å². The van der Waals surface area contributed by atoms with Crippen molar-refractivity contribution >= 4 is 22.9 Å². The Morgan fingerprint density at radius 1 is 1.33 bits per heavy atom. The van der Waals surface area contributed by atoms with Crippen LogP contribution < -0.4 is 10.6 Å². The van der Waals surface area contributed by atoms with Crippen molar-refractivity contribution in [3.8, 4) is 10.4 Å². The van der Waals surface area contributed by atoms with Crippen molar-refractivity contribution in [2.45, 2.75) is 50.9 Å². The minimum Gasteiger partial charge on any atom is -0.367 e. The molecule has 7 heteroatoms. The van der Waals surface area contributed by atoms with E-state index >= 15 is 0 Å². The van der Waals surface area contributed by atoms with Crippen LogP contribution in [-0.2, 0) is 0 Å². The molecule has 126 valence electrons. The minimum atomic E-state index is -0.774. The Morgan fingerprint density at radius 3 is 3.04 bits per heavy atom. The van der Waals surface area contributed by atoms with Gasteiger partial charge < -0.3 is 15.7 Å². The molecule has 2 aromatic heterocycles. The molecule has 0 radical (unpaired) electrons. The van der Waals surface area contributed by atoms with Gasteiger partial charge in [0.15, 0.2) is 6.23 Å². The Bertz CT molecular complexity index is 798. The smallest absolute Gasteiger partial charge is 0.184 e. The lowest BCUT2D eigenvalue weighted by Crippen LogP contribution is -2.40. The average molecular weight is 343 g/mol. The molecule has 0 aromatic carbocycles. The number of thiophene rings is 1. The summed E-state index contributed by atoms with van der Waals surface area (Å²) in [4.78, 5) is 6.52. The van der Waals surface area contributed by atoms with Crippen LogP contribution in [0.4, 0.5) is 5.69 Å². The van der Waals surface area contributed by atoms with Crippen LogP contribution in [0.25, 0.3) is 10.4 Å². The summed E-state index contributed by atoms with van der Waals surface area (Å²) in [7, 11) is 0. The average Bonchev–Trinajstić information content (AvgIpc) is 3.28. The van der Waals surface area contributed by atoms with Crippen LogP contribution in [-0.4, -0.2) is 33.2 Å². The number of rotatable bonds is 2. The maximum Gasteiger partial charge on any atom is 0.184 e. The molecule has 4 N–H and O–H groups in total. The third-order valence-corrected chi connectivity index (χ3v) is 6.77. The summed E-state index contributed by atoms with van der Waals surface area (Å²) >= 11 is 1.58. The zero-order valence-corrected chi connectivity index (χ0v) is 14.4. The molecular weight excluding hydrogens is 322 g/mol. The predicted octanol–water partition coefficient (Wildman–Crippen LogP) is 2.79. The molecule has 2 fully saturated rings. The summed E-state index contributed by atoms with van der Waals surface area (Å²) < 4.78 is 0. The van der Waals surface area contributed by atoms with Crippen LogP contribution in [0.15, 0.2) is 17.3 Å². The minimum absolute atomic E-state index is 0.238. The molecule has 24 heavy (non-hydrogen) atoms. The van der Waals surface area contributed by atoms with Crippen molar-refractivity contribution in [2.24, 2.45) is 10.9 Å². The number of nitrogens with one attached hydrogen (secondary N) is 3. The van der Waals surface area contributed by atoms with E-state index in [2.05, 4.69) is 31.9 Å². The number of aryl methyl sites for hydroxylation is 1. The van der Waals surface area contributed by atoms with E-state index in [1.165, 1.54) is 19.3 Å². The lowest BCUT2D eigenvalue weighted by molar-refractivity contribution is 0.191. The molecule has 5 rings (SSSR count). The highest BCUT2D eigenvalue weighted by Gasteiger charge is 2.40. The summed E-state index contributed by atoms with van der Waals surface area (Å²) in [5.74, 6) is 1.65. The highest BCUT2D eigenvalue weighted by Crippen LogP contribution is 2.42. The Kier molecular flexibility index (Phi) is 3.29. The molecule has 1 aliphatic carbocycles. The molecule has 2 aromatic rings. The SMILES string of the molecule is Cc1[nH]ncc1-c1cc2c(s1)C(O)N=C(C1C[C@@H]3CCC[C@@H]3N1)N2. The fourth-order valence-electron chi connectivity index (χ4n) is 4.32. The number of anilines is 1. The Balaban J connectivity index is 1.41. The fraction of sp³-hybridized carbons (Fsp3) is 0.529. The largest absolute Gasteiger partial charge is 0.367 e. The molecule has 6 nitrogen and oxygen atoms in total. The summed E-state index contributed by atoms with van der Waals surface area (Å²) in [6, 6.07) is 2.97. The molecule has 1 saturated carbocycles. The van der Waals surface area contributed by atoms with Gasteiger partial charge in [-0.15, -0.1) is 11.3 Å². The summed E-state index contributed by atoms with van der Waals surface area (Å²) in [5.41, 5.74) is 3.10. The highest BCUT2D eigenvalue weighted by atomic mass is 32.1. The molecular formula is C17H21N5OS. The van der Waals surface area contributed by atoms with Crippen molar-refractivity contribution < 1.29 is 5.11 Å². The van der Waals surface area contributed by atoms with Gasteiger partial charge in [-0.05, 0) is 38.2 Å². The normalized spacial score (nSPS) is 31.5. The molecule has 4 heterocycles. The van der Waals surface area contributed by atoms with Crippen molar-refractivity contribution in [1.29, 1.82) is 0 Å². The lowest BCUT2D eigenvalue weighted by Gasteiger charge is -2.23. The Labute approximate surface area is 144 Å². The van der Waals surface area contributed by atoms with Gasteiger partial charge in [-0.1, -0.05) is 6.42 Å². The number of aliphatic hydroxyl groups excluding tert-OH is 1. The van der Waals surface area contributed by atoms with Gasteiger partial charge in [0.1, 0.15) is 5.84 Å². The van der Waals surface area contributed by atoms with Crippen LogP contribution in [0, 0.1) is 12.8 Å². The topological polar surface area (TPSA) is 85.3 Å². The predicted molar refractivity (Wildman–Crippen MR) is 95.3 cm³/mol. The van der Waals surface area contributed by atoms with Gasteiger partial charge in [0.05, 0.1) is 22.8 Å². The Morgan fingerprint density at radius 2 is 2.25 bits per heavy atom. The van der Waals surface area contributed by atoms with Gasteiger partial charge in [-0.3, -0.25) is 5.10 Å². The third kappa shape index (κ3) is 2.22. The number of nitrogens with zero attached hydrogens (tertiary/aromatic N) is 2. The first-order chi connectivity index (χ1) is 11.7. The maximum absolute atomic E-state index is 10.5. The number of H-pyrrole nitrogens is 1. The van der Waals surface area contributed by atoms with Gasteiger partial charge in [0.25, 0.3) is 0 Å². The standard InChI is InChI=1S/C17H21N5OS/c1-8-10(7-18-22-8)14-6-12-15(24-14)17(23)21-16(20-12)13-5-9-3-2-4-11(9)19-13/h6-7,9,11,13,17,19,23H,2-5H2,1H3,(H,18,22)(H,20,21)/t9-,11-,13?,17?/m0/s1. The first-order valence-corrected chi connectivity index (χ1v) is 9.43. The fourth-order valence-corrected chi connectivity index (χ4v) is 5.43. The molecule has 2 unspecified atom stereocenters. The summed E-state index contributed by atoms with van der Waals surface area (Å²) in [6.07, 6.45) is 6.10. The van der Waals surface area contributed by atoms with E-state index in [0.717, 1.165) is 44.9 Å². The quantitative estimate of drug-likeness (QED) is 0.675. The summed E-state index contributed by atoms with van der Waals surface area (Å²) in [5, 5.41) is 24.7. The zero-order chi connectivity index (χ0) is 16.3. The molecule has 2 aliphatic heterocycles. The number of hydrogen-bond donors (Lipinski definition) is 4. The molecule has 1 saturated heterocycles. The second-order valence-corrected chi connectivity index (χ2v) is 8.15. The number of hydrogen-bond acceptors (Lipinski definition) is 6. The number of fused-ring (bicyclic) bond motifs is 2. The van der Waals surface area contributed by atoms with E-state index < -0.39 is 6.23 Å². The lowest BCUT2D eigenvalue weighted by atomic mass is 10.0. The molecule has 0 bridgehead atoms. The highest BCUT2D eigenvalue weighted by molar-refractivity contribution is 7.16. The summed E-state index contributed by atoms with van der Waals surface area (Å²) in [6.45, 7) is 2.01. The van der Waals surface area contributed by atoms with Gasteiger partial charge in [-0.2, -0.15) is 5.10 Å². The van der Waals surface area contributed by atoms with E-state index in [1.54, 1.807) is 11.3 Å². The second kappa shape index (κ2) is 5.40. The number of aliphatic imine (C=N–C) groups is 1. The van der Waals surface area contributed by atoms with Crippen LogP contribution >= 0.6 is 11.3 Å². The maximum atomic E-state index is 10.5. The van der Waals surface area contributed by atoms with E-state index in [0.29, 0.717) is 6.04 Å². The van der Waals surface area contributed by atoms with Crippen LogP contribution in [0.3, 0.4) is 0 Å². The van der Waals surface area contributed by atoms with Crippen LogP contribution in [0.2, 0.25) is 0 Å². The number of aromatic amines is 1. The third-order valence-electron chi connectivity index (χ3n) is 5.56. The first-order valence-electron chi connectivity index (χ1n) is 8.62. The monoisotopic (exact) mass is 343 g/mol. The van der Waals surface area contributed by atoms with Crippen molar-refractivity contribution in [3.05, 3.63) is 22.8 Å². The molecule has 3 aliphatic rings. The van der Waals surface area contributed by atoms with E-state index in [9.17, 15) is 5.11 Å². The number of aromatic nitrogens is 2. The van der Waals surface area contributed by atoms with E-state index in [1.807, 2.05) is 13.1 Å². The number of aliphatic hydroxyl groups is 1.